The molecular formula is C22H24N4O3. The molecule has 1 aliphatic heterocycles. The number of hydrogen-bond acceptors (Lipinski definition) is 6. The lowest BCUT2D eigenvalue weighted by molar-refractivity contribution is -0.0236. The number of carbonyl (C=O) groups excluding carboxylic acids is 1. The van der Waals surface area contributed by atoms with Crippen LogP contribution in [0.1, 0.15) is 40.3 Å². The number of aliphatic hydroxyl groups is 1. The number of ether oxygens (including phenoxy) is 1. The van der Waals surface area contributed by atoms with Gasteiger partial charge in [-0.1, -0.05) is 0 Å². The van der Waals surface area contributed by atoms with Crippen LogP contribution in [-0.2, 0) is 0 Å². The van der Waals surface area contributed by atoms with Crippen LogP contribution < -0.4 is 4.74 Å². The average Bonchev–Trinajstić information content (AvgIpc) is 3.12. The Morgan fingerprint density at radius 3 is 2.72 bits per heavy atom. The summed E-state index contributed by atoms with van der Waals surface area (Å²) in [4.78, 5) is 23.0. The maximum atomic E-state index is 12.9. The number of aliphatic hydroxyl groups excluding tert-OH is 1. The van der Waals surface area contributed by atoms with Crippen LogP contribution in [0.25, 0.3) is 0 Å². The smallest absolute Gasteiger partial charge is 0.254 e. The Labute approximate surface area is 170 Å². The first-order chi connectivity index (χ1) is 13.9. The zero-order valence-corrected chi connectivity index (χ0v) is 16.6. The maximum absolute atomic E-state index is 12.9. The molecular weight excluding hydrogens is 368 g/mol. The number of pyridine rings is 2. The fraction of sp³-hybridized carbons (Fsp3) is 0.455. The molecule has 2 fully saturated rings. The summed E-state index contributed by atoms with van der Waals surface area (Å²) in [6.45, 7) is 5.08. The van der Waals surface area contributed by atoms with E-state index in [4.69, 9.17) is 10.00 Å². The van der Waals surface area contributed by atoms with E-state index in [0.29, 0.717) is 37.2 Å². The van der Waals surface area contributed by atoms with E-state index in [9.17, 15) is 9.90 Å². The topological polar surface area (TPSA) is 99.3 Å². The van der Waals surface area contributed by atoms with Crippen molar-refractivity contribution in [2.45, 2.75) is 38.9 Å². The molecule has 4 rings (SSSR count). The molecule has 7 heteroatoms. The van der Waals surface area contributed by atoms with Crippen molar-refractivity contribution in [3.05, 3.63) is 53.1 Å². The molecule has 1 aliphatic carbocycles. The van der Waals surface area contributed by atoms with E-state index in [0.717, 1.165) is 11.4 Å². The summed E-state index contributed by atoms with van der Waals surface area (Å²) in [7, 11) is 0. The van der Waals surface area contributed by atoms with Crippen molar-refractivity contribution in [1.82, 2.24) is 14.9 Å². The third-order valence-corrected chi connectivity index (χ3v) is 5.95. The predicted molar refractivity (Wildman–Crippen MR) is 105 cm³/mol. The second-order valence-electron chi connectivity index (χ2n) is 8.00. The van der Waals surface area contributed by atoms with Gasteiger partial charge >= 0.3 is 0 Å². The molecule has 1 saturated carbocycles. The van der Waals surface area contributed by atoms with Gasteiger partial charge in [0, 0.05) is 30.5 Å². The van der Waals surface area contributed by atoms with Crippen LogP contribution in [-0.4, -0.2) is 51.2 Å². The number of likely N-dealkylation sites (tertiary alicyclic amines) is 1. The normalized spacial score (nSPS) is 25.9. The van der Waals surface area contributed by atoms with E-state index in [-0.39, 0.29) is 29.5 Å². The number of aryl methyl sites for hydroxylation is 2. The number of fused-ring (bicyclic) bond motifs is 1. The molecule has 0 spiro atoms. The van der Waals surface area contributed by atoms with Gasteiger partial charge in [-0.3, -0.25) is 9.78 Å². The van der Waals surface area contributed by atoms with Gasteiger partial charge in [-0.15, -0.1) is 0 Å². The summed E-state index contributed by atoms with van der Waals surface area (Å²) >= 11 is 0. The monoisotopic (exact) mass is 392 g/mol. The van der Waals surface area contributed by atoms with Crippen molar-refractivity contribution >= 4 is 5.91 Å². The Hall–Kier alpha value is -2.98. The third-order valence-electron chi connectivity index (χ3n) is 5.95. The van der Waals surface area contributed by atoms with Crippen molar-refractivity contribution in [3.63, 3.8) is 0 Å². The fourth-order valence-corrected chi connectivity index (χ4v) is 4.45. The summed E-state index contributed by atoms with van der Waals surface area (Å²) in [5.41, 5.74) is 2.46. The molecule has 0 unspecified atom stereocenters. The van der Waals surface area contributed by atoms with Crippen molar-refractivity contribution < 1.29 is 14.6 Å². The summed E-state index contributed by atoms with van der Waals surface area (Å²) in [5, 5.41) is 19.6. The zero-order valence-electron chi connectivity index (χ0n) is 16.6. The summed E-state index contributed by atoms with van der Waals surface area (Å²) in [5.74, 6) is 1.14. The van der Waals surface area contributed by atoms with Crippen LogP contribution in [0.3, 0.4) is 0 Å². The van der Waals surface area contributed by atoms with Gasteiger partial charge in [-0.2, -0.15) is 5.26 Å². The molecule has 0 aromatic carbocycles. The number of aromatic nitrogens is 2. The molecule has 7 nitrogen and oxygen atoms in total. The Morgan fingerprint density at radius 1 is 1.24 bits per heavy atom. The molecule has 3 heterocycles. The summed E-state index contributed by atoms with van der Waals surface area (Å²) < 4.78 is 6.11. The van der Waals surface area contributed by atoms with Crippen LogP contribution >= 0.6 is 0 Å². The highest BCUT2D eigenvalue weighted by Crippen LogP contribution is 2.38. The van der Waals surface area contributed by atoms with Crippen LogP contribution in [0.2, 0.25) is 0 Å². The van der Waals surface area contributed by atoms with E-state index in [2.05, 4.69) is 9.97 Å². The molecule has 1 saturated heterocycles. The van der Waals surface area contributed by atoms with Crippen LogP contribution in [0.5, 0.6) is 5.75 Å². The number of hydrogen-bond donors (Lipinski definition) is 1. The van der Waals surface area contributed by atoms with Gasteiger partial charge in [0.05, 0.1) is 11.8 Å². The Kier molecular flexibility index (Phi) is 5.20. The minimum atomic E-state index is -0.571. The van der Waals surface area contributed by atoms with E-state index >= 15 is 0 Å². The first kappa shape index (κ1) is 19.3. The highest BCUT2D eigenvalue weighted by molar-refractivity contribution is 5.94. The Bertz CT molecular complexity index is 971. The first-order valence-electron chi connectivity index (χ1n) is 9.89. The lowest BCUT2D eigenvalue weighted by atomic mass is 9.78. The summed E-state index contributed by atoms with van der Waals surface area (Å²) in [6.07, 6.45) is 1.92. The van der Waals surface area contributed by atoms with Gasteiger partial charge in [0.15, 0.2) is 0 Å². The number of carbonyl (C=O) groups is 1. The predicted octanol–water partition coefficient (Wildman–Crippen LogP) is 2.26. The second kappa shape index (κ2) is 7.80. The SMILES string of the molecule is Cc1ccc(O[C@@H]2C[C@@H]3CN(C(=O)c4ccnc(C#N)c4)C[C@@H]3C[C@H]2O)c(C)n1. The van der Waals surface area contributed by atoms with Crippen molar-refractivity contribution in [1.29, 1.82) is 5.26 Å². The van der Waals surface area contributed by atoms with E-state index in [1.165, 1.54) is 12.3 Å². The maximum Gasteiger partial charge on any atom is 0.254 e. The van der Waals surface area contributed by atoms with Crippen molar-refractivity contribution in [2.24, 2.45) is 11.8 Å². The number of nitrogens with zero attached hydrogens (tertiary/aromatic N) is 4. The second-order valence-corrected chi connectivity index (χ2v) is 8.00. The molecule has 0 bridgehead atoms. The van der Waals surface area contributed by atoms with Gasteiger partial charge in [0.1, 0.15) is 23.6 Å². The van der Waals surface area contributed by atoms with Crippen molar-refractivity contribution in [2.75, 3.05) is 13.1 Å². The van der Waals surface area contributed by atoms with E-state index in [1.54, 1.807) is 6.07 Å². The number of amides is 1. The number of nitriles is 1. The van der Waals surface area contributed by atoms with Crippen LogP contribution in [0.15, 0.2) is 30.5 Å². The van der Waals surface area contributed by atoms with E-state index < -0.39 is 6.10 Å². The molecule has 2 aromatic rings. The Morgan fingerprint density at radius 2 is 2.00 bits per heavy atom. The minimum Gasteiger partial charge on any atom is -0.486 e. The molecule has 150 valence electrons. The van der Waals surface area contributed by atoms with Crippen molar-refractivity contribution in [3.8, 4) is 11.8 Å². The third kappa shape index (κ3) is 3.94. The Balaban J connectivity index is 1.44. The molecule has 0 radical (unpaired) electrons. The molecule has 4 atom stereocenters. The number of rotatable bonds is 3. The highest BCUT2D eigenvalue weighted by Gasteiger charge is 2.44. The lowest BCUT2D eigenvalue weighted by Gasteiger charge is -2.35. The molecule has 1 N–H and O–H groups in total. The standard InChI is InChI=1S/C22H24N4O3/c1-13-3-4-20(14(2)25-13)29-21-9-17-12-26(11-16(17)8-19(21)27)22(28)15-5-6-24-18(7-15)10-23/h3-7,16-17,19,21,27H,8-9,11-12H2,1-2H3/t16-,17+,19+,21+/m0/s1. The quantitative estimate of drug-likeness (QED) is 0.860. The van der Waals surface area contributed by atoms with Gasteiger partial charge in [-0.25, -0.2) is 4.98 Å². The van der Waals surface area contributed by atoms with Gasteiger partial charge < -0.3 is 14.7 Å². The van der Waals surface area contributed by atoms with Crippen LogP contribution in [0.4, 0.5) is 0 Å². The molecule has 2 aliphatic rings. The zero-order chi connectivity index (χ0) is 20.5. The molecule has 1 amide bonds. The average molecular weight is 392 g/mol. The van der Waals surface area contributed by atoms with Gasteiger partial charge in [-0.05, 0) is 62.8 Å². The molecule has 29 heavy (non-hydrogen) atoms. The highest BCUT2D eigenvalue weighted by atomic mass is 16.5. The fourth-order valence-electron chi connectivity index (χ4n) is 4.45. The largest absolute Gasteiger partial charge is 0.486 e. The van der Waals surface area contributed by atoms with Crippen LogP contribution in [0, 0.1) is 37.0 Å². The first-order valence-corrected chi connectivity index (χ1v) is 9.89. The lowest BCUT2D eigenvalue weighted by Crippen LogP contribution is -2.42. The van der Waals surface area contributed by atoms with E-state index in [1.807, 2.05) is 36.9 Å². The van der Waals surface area contributed by atoms with Gasteiger partial charge in [0.2, 0.25) is 0 Å². The summed E-state index contributed by atoms with van der Waals surface area (Å²) in [6, 6.07) is 8.94. The van der Waals surface area contributed by atoms with Gasteiger partial charge in [0.25, 0.3) is 5.91 Å². The molecule has 2 aromatic heterocycles. The minimum absolute atomic E-state index is 0.0937.